The van der Waals surface area contributed by atoms with Crippen molar-refractivity contribution >= 4 is 17.5 Å². The highest BCUT2D eigenvalue weighted by atomic mass is 35.5. The molecule has 1 aromatic heterocycles. The number of carbonyl (C=O) groups excluding carboxylic acids is 1. The van der Waals surface area contributed by atoms with Crippen molar-refractivity contribution in [3.8, 4) is 0 Å². The van der Waals surface area contributed by atoms with Gasteiger partial charge in [-0.25, -0.2) is 0 Å². The van der Waals surface area contributed by atoms with Gasteiger partial charge in [-0.1, -0.05) is 0 Å². The summed E-state index contributed by atoms with van der Waals surface area (Å²) in [7, 11) is 0. The van der Waals surface area contributed by atoms with Crippen LogP contribution < -0.4 is 5.73 Å². The Morgan fingerprint density at radius 3 is 2.67 bits per heavy atom. The summed E-state index contributed by atoms with van der Waals surface area (Å²) in [4.78, 5) is 13.6. The second-order valence-corrected chi connectivity index (χ2v) is 4.11. The maximum absolute atomic E-state index is 11.9. The Morgan fingerprint density at radius 1 is 1.47 bits per heavy atom. The van der Waals surface area contributed by atoms with E-state index in [2.05, 4.69) is 0 Å². The monoisotopic (exact) mass is 228 g/mol. The molecule has 1 saturated heterocycles. The van der Waals surface area contributed by atoms with E-state index in [0.29, 0.717) is 18.8 Å². The molecule has 0 spiro atoms. The Morgan fingerprint density at radius 2 is 2.13 bits per heavy atom. The Bertz CT molecular complexity index is 356. The van der Waals surface area contributed by atoms with E-state index < -0.39 is 0 Å². The fourth-order valence-electron chi connectivity index (χ4n) is 1.69. The lowest BCUT2D eigenvalue weighted by molar-refractivity contribution is 0.0682. The van der Waals surface area contributed by atoms with E-state index in [9.17, 15) is 4.79 Å². The number of halogens is 1. The molecule has 5 heteroatoms. The summed E-state index contributed by atoms with van der Waals surface area (Å²) in [6, 6.07) is 3.39. The minimum absolute atomic E-state index is 0.103. The largest absolute Gasteiger partial charge is 0.440 e. The van der Waals surface area contributed by atoms with Crippen molar-refractivity contribution in [3.05, 3.63) is 23.1 Å². The molecule has 1 fully saturated rings. The Kier molecular flexibility index (Phi) is 2.98. The lowest BCUT2D eigenvalue weighted by Crippen LogP contribution is -2.42. The zero-order valence-electron chi connectivity index (χ0n) is 8.28. The normalized spacial score (nSPS) is 18.1. The first-order valence-corrected chi connectivity index (χ1v) is 5.35. The van der Waals surface area contributed by atoms with Gasteiger partial charge in [-0.2, -0.15) is 0 Å². The summed E-state index contributed by atoms with van der Waals surface area (Å²) in [5, 5.41) is 0.243. The standard InChI is InChI=1S/C10H13ClN2O2/c11-9-2-1-8(15-9)10(14)13-5-3-7(12)4-6-13/h1-2,7H,3-6,12H2. The summed E-state index contributed by atoms with van der Waals surface area (Å²) < 4.78 is 5.07. The van der Waals surface area contributed by atoms with Crippen LogP contribution in [0.15, 0.2) is 16.5 Å². The third-order valence-corrected chi connectivity index (χ3v) is 2.81. The lowest BCUT2D eigenvalue weighted by Gasteiger charge is -2.29. The highest BCUT2D eigenvalue weighted by molar-refractivity contribution is 6.29. The van der Waals surface area contributed by atoms with E-state index in [1.54, 1.807) is 17.0 Å². The highest BCUT2D eigenvalue weighted by Crippen LogP contribution is 2.17. The molecule has 0 saturated carbocycles. The predicted octanol–water partition coefficient (Wildman–Crippen LogP) is 1.50. The quantitative estimate of drug-likeness (QED) is 0.793. The first kappa shape index (κ1) is 10.5. The maximum atomic E-state index is 11.9. The van der Waals surface area contributed by atoms with Crippen LogP contribution in [-0.4, -0.2) is 29.9 Å². The molecule has 1 aliphatic rings. The lowest BCUT2D eigenvalue weighted by atomic mass is 10.1. The van der Waals surface area contributed by atoms with Crippen LogP contribution in [0.3, 0.4) is 0 Å². The first-order valence-electron chi connectivity index (χ1n) is 4.97. The second kappa shape index (κ2) is 4.24. The molecular formula is C10H13ClN2O2. The van der Waals surface area contributed by atoms with Crippen molar-refractivity contribution in [1.29, 1.82) is 0 Å². The van der Waals surface area contributed by atoms with E-state index in [1.165, 1.54) is 0 Å². The molecule has 0 unspecified atom stereocenters. The SMILES string of the molecule is NC1CCN(C(=O)c2ccc(Cl)o2)CC1. The average Bonchev–Trinajstić information content (AvgIpc) is 2.65. The van der Waals surface area contributed by atoms with Crippen LogP contribution in [0.25, 0.3) is 0 Å². The van der Waals surface area contributed by atoms with Crippen molar-refractivity contribution in [2.24, 2.45) is 5.73 Å². The van der Waals surface area contributed by atoms with Crippen molar-refractivity contribution in [2.75, 3.05) is 13.1 Å². The summed E-state index contributed by atoms with van der Waals surface area (Å²) in [6.45, 7) is 1.39. The van der Waals surface area contributed by atoms with Gasteiger partial charge in [0.25, 0.3) is 5.91 Å². The van der Waals surface area contributed by atoms with Gasteiger partial charge in [-0.05, 0) is 36.6 Å². The number of likely N-dealkylation sites (tertiary alicyclic amines) is 1. The number of hydrogen-bond acceptors (Lipinski definition) is 3. The number of nitrogens with two attached hydrogens (primary N) is 1. The van der Waals surface area contributed by atoms with Gasteiger partial charge in [0.1, 0.15) is 0 Å². The van der Waals surface area contributed by atoms with Gasteiger partial charge in [0, 0.05) is 19.1 Å². The molecule has 2 heterocycles. The topological polar surface area (TPSA) is 59.5 Å². The molecule has 0 bridgehead atoms. The summed E-state index contributed by atoms with van der Waals surface area (Å²) >= 11 is 5.61. The van der Waals surface area contributed by atoms with Gasteiger partial charge >= 0.3 is 0 Å². The average molecular weight is 229 g/mol. The van der Waals surface area contributed by atoms with Gasteiger partial charge in [0.15, 0.2) is 11.0 Å². The highest BCUT2D eigenvalue weighted by Gasteiger charge is 2.23. The molecule has 1 amide bonds. The molecule has 1 aromatic rings. The molecule has 82 valence electrons. The van der Waals surface area contributed by atoms with Gasteiger partial charge in [0.05, 0.1) is 0 Å². The van der Waals surface area contributed by atoms with Crippen LogP contribution in [0.5, 0.6) is 0 Å². The zero-order valence-corrected chi connectivity index (χ0v) is 9.04. The summed E-state index contributed by atoms with van der Waals surface area (Å²) in [5.41, 5.74) is 5.76. The molecular weight excluding hydrogens is 216 g/mol. The molecule has 0 atom stereocenters. The van der Waals surface area contributed by atoms with Gasteiger partial charge in [0.2, 0.25) is 0 Å². The number of carbonyl (C=O) groups is 1. The van der Waals surface area contributed by atoms with E-state index in [0.717, 1.165) is 12.8 Å². The number of furan rings is 1. The minimum Gasteiger partial charge on any atom is -0.440 e. The molecule has 1 aliphatic heterocycles. The molecule has 2 N–H and O–H groups in total. The zero-order chi connectivity index (χ0) is 10.8. The third-order valence-electron chi connectivity index (χ3n) is 2.61. The molecule has 2 rings (SSSR count). The predicted molar refractivity (Wildman–Crippen MR) is 56.8 cm³/mol. The van der Waals surface area contributed by atoms with E-state index >= 15 is 0 Å². The molecule has 0 aliphatic carbocycles. The van der Waals surface area contributed by atoms with Crippen molar-refractivity contribution < 1.29 is 9.21 Å². The van der Waals surface area contributed by atoms with Crippen LogP contribution >= 0.6 is 11.6 Å². The van der Waals surface area contributed by atoms with Crippen LogP contribution in [0.4, 0.5) is 0 Å². The second-order valence-electron chi connectivity index (χ2n) is 3.73. The fourth-order valence-corrected chi connectivity index (χ4v) is 1.83. The number of piperidine rings is 1. The van der Waals surface area contributed by atoms with Crippen LogP contribution in [-0.2, 0) is 0 Å². The van der Waals surface area contributed by atoms with Gasteiger partial charge in [-0.15, -0.1) is 0 Å². The third kappa shape index (κ3) is 2.33. The van der Waals surface area contributed by atoms with E-state index in [-0.39, 0.29) is 17.2 Å². The molecule has 0 radical (unpaired) electrons. The molecule has 0 aromatic carbocycles. The summed E-state index contributed by atoms with van der Waals surface area (Å²) in [6.07, 6.45) is 1.69. The fraction of sp³-hybridized carbons (Fsp3) is 0.500. The summed E-state index contributed by atoms with van der Waals surface area (Å²) in [5.74, 6) is 0.198. The Labute approximate surface area is 93.0 Å². The van der Waals surface area contributed by atoms with E-state index in [4.69, 9.17) is 21.8 Å². The van der Waals surface area contributed by atoms with Gasteiger partial charge in [-0.3, -0.25) is 4.79 Å². The molecule has 4 nitrogen and oxygen atoms in total. The number of nitrogens with zero attached hydrogens (tertiary/aromatic N) is 1. The Balaban J connectivity index is 2.02. The van der Waals surface area contributed by atoms with Crippen LogP contribution in [0, 0.1) is 0 Å². The van der Waals surface area contributed by atoms with Crippen molar-refractivity contribution in [3.63, 3.8) is 0 Å². The van der Waals surface area contributed by atoms with Crippen LogP contribution in [0.2, 0.25) is 5.22 Å². The van der Waals surface area contributed by atoms with E-state index in [1.807, 2.05) is 0 Å². The smallest absolute Gasteiger partial charge is 0.289 e. The van der Waals surface area contributed by atoms with Gasteiger partial charge < -0.3 is 15.1 Å². The Hall–Kier alpha value is -1.00. The van der Waals surface area contributed by atoms with Crippen molar-refractivity contribution in [1.82, 2.24) is 4.90 Å². The van der Waals surface area contributed by atoms with Crippen LogP contribution in [0.1, 0.15) is 23.4 Å². The maximum Gasteiger partial charge on any atom is 0.289 e. The first-order chi connectivity index (χ1) is 7.16. The number of rotatable bonds is 1. The minimum atomic E-state index is -0.103. The van der Waals surface area contributed by atoms with Crippen molar-refractivity contribution in [2.45, 2.75) is 18.9 Å². The number of amides is 1. The molecule has 15 heavy (non-hydrogen) atoms. The number of hydrogen-bond donors (Lipinski definition) is 1.